The molecule has 0 aromatic carbocycles. The van der Waals surface area contributed by atoms with Crippen molar-refractivity contribution in [2.45, 2.75) is 248 Å². The second-order valence-electron chi connectivity index (χ2n) is 19.7. The van der Waals surface area contributed by atoms with E-state index < -0.39 is 86.7 Å². The van der Waals surface area contributed by atoms with Crippen LogP contribution in [0.3, 0.4) is 0 Å². The minimum absolute atomic E-state index is 0.0304. The first-order valence-electron chi connectivity index (χ1n) is 28.8. The van der Waals surface area contributed by atoms with E-state index in [1.54, 1.807) is 0 Å². The van der Waals surface area contributed by atoms with Crippen LogP contribution in [0.5, 0.6) is 0 Å². The standard InChI is InChI=1S/C61H102O14/c1-3-5-7-9-11-13-15-17-19-21-23-24-25-26-27-28-30-32-34-36-38-40-42-44-53(63)73-50(47-70-45-43-41-39-37-35-33-31-29-22-20-18-16-14-12-10-8-6-4-2)48-71-60-59(69)57(67)55(65)52(75-60)49-72-61-58(68)56(66)54(64)51(46-62)74-61/h5,7,11,13,17-20,23-24,26-27,30,32,36,38,50-52,54-62,64-69H,3-4,6,8-10,12,14-16,21-22,25,28-29,31,33-35,37,39-49H2,1-2H3/b7-5-,13-11-,19-17-,20-18-,24-23-,27-26-,32-30-,38-36-. The normalized spacial score (nSPS) is 25.3. The highest BCUT2D eigenvalue weighted by Gasteiger charge is 2.47. The largest absolute Gasteiger partial charge is 0.457 e. The van der Waals surface area contributed by atoms with Crippen molar-refractivity contribution in [1.29, 1.82) is 0 Å². The molecule has 0 aromatic rings. The van der Waals surface area contributed by atoms with E-state index in [-0.39, 0.29) is 19.6 Å². The number of hydrogen-bond acceptors (Lipinski definition) is 14. The van der Waals surface area contributed by atoms with E-state index >= 15 is 0 Å². The van der Waals surface area contributed by atoms with Crippen LogP contribution in [0.25, 0.3) is 0 Å². The van der Waals surface area contributed by atoms with Crippen LogP contribution in [0, 0.1) is 0 Å². The van der Waals surface area contributed by atoms with Crippen molar-refractivity contribution in [3.05, 3.63) is 97.2 Å². The van der Waals surface area contributed by atoms with E-state index in [4.69, 9.17) is 28.4 Å². The summed E-state index contributed by atoms with van der Waals surface area (Å²) in [4.78, 5) is 13.1. The Morgan fingerprint density at radius 3 is 1.37 bits per heavy atom. The Hall–Kier alpha value is -3.09. The average molecular weight is 1060 g/mol. The number of rotatable bonds is 45. The second-order valence-corrected chi connectivity index (χ2v) is 19.7. The van der Waals surface area contributed by atoms with Crippen LogP contribution >= 0.6 is 0 Å². The van der Waals surface area contributed by atoms with Crippen LogP contribution in [-0.2, 0) is 33.2 Å². The van der Waals surface area contributed by atoms with Crippen LogP contribution < -0.4 is 0 Å². The summed E-state index contributed by atoms with van der Waals surface area (Å²) < 4.78 is 34.3. The average Bonchev–Trinajstić information content (AvgIpc) is 3.41. The zero-order valence-corrected chi connectivity index (χ0v) is 46.0. The quantitative estimate of drug-likeness (QED) is 0.0172. The molecule has 0 aliphatic carbocycles. The Labute approximate surface area is 452 Å². The van der Waals surface area contributed by atoms with E-state index in [0.29, 0.717) is 19.4 Å². The van der Waals surface area contributed by atoms with Gasteiger partial charge >= 0.3 is 5.97 Å². The topological polar surface area (TPSA) is 214 Å². The fourth-order valence-corrected chi connectivity index (χ4v) is 8.44. The second kappa shape index (κ2) is 47.0. The number of aliphatic hydroxyl groups excluding tert-OH is 7. The highest BCUT2D eigenvalue weighted by atomic mass is 16.7. The van der Waals surface area contributed by atoms with Crippen molar-refractivity contribution in [3.63, 3.8) is 0 Å². The predicted octanol–water partition coefficient (Wildman–Crippen LogP) is 10.2. The third-order valence-electron chi connectivity index (χ3n) is 13.1. The number of ether oxygens (including phenoxy) is 6. The molecule has 75 heavy (non-hydrogen) atoms. The van der Waals surface area contributed by atoms with Crippen LogP contribution in [-0.4, -0.2) is 142 Å². The molecule has 11 atom stereocenters. The van der Waals surface area contributed by atoms with Crippen LogP contribution in [0.1, 0.15) is 181 Å². The molecule has 0 bridgehead atoms. The Bertz CT molecular complexity index is 1610. The van der Waals surface area contributed by atoms with E-state index in [2.05, 4.69) is 105 Å². The first kappa shape index (κ1) is 68.0. The molecule has 2 aliphatic rings. The maximum atomic E-state index is 13.1. The van der Waals surface area contributed by atoms with Crippen LogP contribution in [0.15, 0.2) is 97.2 Å². The first-order chi connectivity index (χ1) is 36.6. The van der Waals surface area contributed by atoms with E-state index in [1.165, 1.54) is 83.5 Å². The number of aliphatic hydroxyl groups is 7. The van der Waals surface area contributed by atoms with Gasteiger partial charge < -0.3 is 64.2 Å². The summed E-state index contributed by atoms with van der Waals surface area (Å²) in [5.41, 5.74) is 0. The molecule has 2 fully saturated rings. The molecule has 2 saturated heterocycles. The van der Waals surface area contributed by atoms with Crippen molar-refractivity contribution in [2.75, 3.05) is 33.0 Å². The molecule has 14 heteroatoms. The number of unbranched alkanes of at least 4 members (excludes halogenated alkanes) is 15. The van der Waals surface area contributed by atoms with Gasteiger partial charge in [-0.1, -0.05) is 182 Å². The SMILES string of the molecule is CC/C=C\C/C=C\C/C=C\C/C=C\C/C=C\C/C=C\C/C=C\CCCC(=O)OC(COCCCCCCCCCC/C=C\CCCCCCCC)COC1OC(COC2OC(CO)C(O)C(O)C2O)C(O)C(O)C1O. The van der Waals surface area contributed by atoms with Crippen LogP contribution in [0.4, 0.5) is 0 Å². The lowest BCUT2D eigenvalue weighted by molar-refractivity contribution is -0.332. The van der Waals surface area contributed by atoms with Crippen molar-refractivity contribution >= 4 is 5.97 Å². The molecular weight excluding hydrogens is 957 g/mol. The number of allylic oxidation sites excluding steroid dienone is 16. The zero-order valence-electron chi connectivity index (χ0n) is 46.0. The molecule has 0 amide bonds. The number of esters is 1. The van der Waals surface area contributed by atoms with Gasteiger partial charge in [-0.2, -0.15) is 0 Å². The molecule has 430 valence electrons. The Morgan fingerprint density at radius 2 is 0.867 bits per heavy atom. The Kier molecular flexibility index (Phi) is 42.6. The predicted molar refractivity (Wildman–Crippen MR) is 298 cm³/mol. The van der Waals surface area contributed by atoms with Gasteiger partial charge in [-0.25, -0.2) is 0 Å². The fraction of sp³-hybridized carbons (Fsp3) is 0.721. The van der Waals surface area contributed by atoms with Gasteiger partial charge in [0, 0.05) is 13.0 Å². The van der Waals surface area contributed by atoms with Gasteiger partial charge in [0.1, 0.15) is 54.9 Å². The smallest absolute Gasteiger partial charge is 0.306 e. The minimum atomic E-state index is -1.72. The van der Waals surface area contributed by atoms with Crippen LogP contribution in [0.2, 0.25) is 0 Å². The lowest BCUT2D eigenvalue weighted by atomic mass is 9.98. The van der Waals surface area contributed by atoms with Crippen molar-refractivity contribution in [2.24, 2.45) is 0 Å². The van der Waals surface area contributed by atoms with Gasteiger partial charge in [0.2, 0.25) is 0 Å². The molecular formula is C61H102O14. The summed E-state index contributed by atoms with van der Waals surface area (Å²) in [5, 5.41) is 72.3. The van der Waals surface area contributed by atoms with Gasteiger partial charge in [0.25, 0.3) is 0 Å². The number of hydrogen-bond donors (Lipinski definition) is 7. The highest BCUT2D eigenvalue weighted by Crippen LogP contribution is 2.26. The summed E-state index contributed by atoms with van der Waals surface area (Å²) in [6, 6.07) is 0. The van der Waals surface area contributed by atoms with E-state index in [9.17, 15) is 40.5 Å². The van der Waals surface area contributed by atoms with Crippen molar-refractivity contribution < 1.29 is 69.0 Å². The molecule has 0 aromatic heterocycles. The summed E-state index contributed by atoms with van der Waals surface area (Å²) in [6.45, 7) is 3.48. The molecule has 11 unspecified atom stereocenters. The monoisotopic (exact) mass is 1060 g/mol. The third kappa shape index (κ3) is 33.7. The van der Waals surface area contributed by atoms with Gasteiger partial charge in [0.05, 0.1) is 26.4 Å². The van der Waals surface area contributed by atoms with Gasteiger partial charge in [-0.15, -0.1) is 0 Å². The molecule has 0 saturated carbocycles. The summed E-state index contributed by atoms with van der Waals surface area (Å²) in [7, 11) is 0. The minimum Gasteiger partial charge on any atom is -0.457 e. The lowest BCUT2D eigenvalue weighted by Gasteiger charge is -2.42. The molecule has 7 N–H and O–H groups in total. The molecule has 14 nitrogen and oxygen atoms in total. The fourth-order valence-electron chi connectivity index (χ4n) is 8.44. The summed E-state index contributed by atoms with van der Waals surface area (Å²) in [6.07, 6.45) is 46.1. The maximum absolute atomic E-state index is 13.1. The van der Waals surface area contributed by atoms with Gasteiger partial charge in [-0.05, 0) is 89.9 Å². The Morgan fingerprint density at radius 1 is 0.453 bits per heavy atom. The Balaban J connectivity index is 1.76. The zero-order chi connectivity index (χ0) is 54.4. The van der Waals surface area contributed by atoms with Gasteiger partial charge in [0.15, 0.2) is 12.6 Å². The first-order valence-corrected chi connectivity index (χ1v) is 28.8. The molecule has 2 heterocycles. The third-order valence-corrected chi connectivity index (χ3v) is 13.1. The molecule has 0 radical (unpaired) electrons. The van der Waals surface area contributed by atoms with E-state index in [0.717, 1.165) is 64.2 Å². The lowest BCUT2D eigenvalue weighted by Crippen LogP contribution is -2.61. The maximum Gasteiger partial charge on any atom is 0.306 e. The highest BCUT2D eigenvalue weighted by molar-refractivity contribution is 5.69. The summed E-state index contributed by atoms with van der Waals surface area (Å²) in [5.74, 6) is -0.437. The van der Waals surface area contributed by atoms with Gasteiger partial charge in [-0.3, -0.25) is 4.79 Å². The molecule has 0 spiro atoms. The molecule has 2 aliphatic heterocycles. The number of carbonyl (C=O) groups excluding carboxylic acids is 1. The van der Waals surface area contributed by atoms with E-state index in [1.807, 2.05) is 6.08 Å². The number of carbonyl (C=O) groups is 1. The molecule has 2 rings (SSSR count). The van der Waals surface area contributed by atoms with Crippen molar-refractivity contribution in [1.82, 2.24) is 0 Å². The van der Waals surface area contributed by atoms with Crippen molar-refractivity contribution in [3.8, 4) is 0 Å². The summed E-state index contributed by atoms with van der Waals surface area (Å²) >= 11 is 0.